The lowest BCUT2D eigenvalue weighted by Gasteiger charge is -2.43. The monoisotopic (exact) mass is 374 g/mol. The van der Waals surface area contributed by atoms with E-state index in [1.165, 1.54) is 11.3 Å². The van der Waals surface area contributed by atoms with Crippen molar-refractivity contribution in [2.45, 2.75) is 17.7 Å². The number of carbonyl (C=O) groups excluding carboxylic acids is 2. The Kier molecular flexibility index (Phi) is 4.21. The van der Waals surface area contributed by atoms with Crippen molar-refractivity contribution >= 4 is 39.6 Å². The summed E-state index contributed by atoms with van der Waals surface area (Å²) in [4.78, 5) is 27.9. The van der Waals surface area contributed by atoms with Crippen molar-refractivity contribution in [3.05, 3.63) is 52.7 Å². The minimum Gasteiger partial charge on any atom is -0.338 e. The molecule has 7 heteroatoms. The normalized spacial score (nSPS) is 22.6. The van der Waals surface area contributed by atoms with E-state index in [1.807, 2.05) is 47.2 Å². The fraction of sp³-hybridized carbons (Fsp3) is 0.333. The number of anilines is 1. The highest BCUT2D eigenvalue weighted by atomic mass is 32.2. The van der Waals surface area contributed by atoms with E-state index in [0.717, 1.165) is 5.69 Å². The lowest BCUT2D eigenvalue weighted by molar-refractivity contribution is -0.116. The van der Waals surface area contributed by atoms with Gasteiger partial charge in [0.25, 0.3) is 5.91 Å². The van der Waals surface area contributed by atoms with Crippen molar-refractivity contribution < 1.29 is 13.8 Å². The molecular weight excluding hydrogens is 356 g/mol. The molecule has 0 saturated carbocycles. The molecule has 3 heterocycles. The predicted octanol–water partition coefficient (Wildman–Crippen LogP) is 2.48. The molecule has 4 rings (SSSR count). The topological polar surface area (TPSA) is 57.7 Å². The molecule has 2 aliphatic rings. The molecule has 2 aromatic rings. The van der Waals surface area contributed by atoms with Crippen LogP contribution in [0.15, 0.2) is 47.2 Å². The summed E-state index contributed by atoms with van der Waals surface area (Å²) in [5.41, 5.74) is 1.49. The first kappa shape index (κ1) is 16.5. The van der Waals surface area contributed by atoms with Crippen LogP contribution in [-0.2, 0) is 15.6 Å². The number of hydrogen-bond acceptors (Lipinski definition) is 4. The molecule has 1 aromatic heterocycles. The van der Waals surface area contributed by atoms with Gasteiger partial charge in [-0.2, -0.15) is 11.3 Å². The van der Waals surface area contributed by atoms with Crippen LogP contribution >= 0.6 is 11.3 Å². The Morgan fingerprint density at radius 3 is 2.48 bits per heavy atom. The van der Waals surface area contributed by atoms with Crippen LogP contribution in [0.3, 0.4) is 0 Å². The van der Waals surface area contributed by atoms with E-state index < -0.39 is 15.7 Å². The molecular formula is C18H18N2O3S2. The largest absolute Gasteiger partial charge is 0.338 e. The van der Waals surface area contributed by atoms with Gasteiger partial charge in [-0.05, 0) is 23.6 Å². The molecule has 2 amide bonds. The first-order valence-electron chi connectivity index (χ1n) is 8.20. The Labute approximate surface area is 152 Å². The SMILES string of the molecule is O=C(c1ccsc1)N1CCC2(CC1)N(c1ccccc1)C(=O)CS2=O. The molecule has 1 unspecified atom stereocenters. The fourth-order valence-electron chi connectivity index (χ4n) is 3.68. The smallest absolute Gasteiger partial charge is 0.254 e. The highest BCUT2D eigenvalue weighted by Crippen LogP contribution is 2.40. The Morgan fingerprint density at radius 2 is 1.84 bits per heavy atom. The van der Waals surface area contributed by atoms with Crippen molar-refractivity contribution in [2.24, 2.45) is 0 Å². The van der Waals surface area contributed by atoms with Crippen LogP contribution in [0.5, 0.6) is 0 Å². The molecule has 2 fully saturated rings. The van der Waals surface area contributed by atoms with Gasteiger partial charge < -0.3 is 4.90 Å². The second kappa shape index (κ2) is 6.38. The molecule has 5 nitrogen and oxygen atoms in total. The number of carbonyl (C=O) groups is 2. The van der Waals surface area contributed by atoms with Crippen LogP contribution in [0.4, 0.5) is 5.69 Å². The van der Waals surface area contributed by atoms with Gasteiger partial charge in [-0.1, -0.05) is 18.2 Å². The molecule has 1 aromatic carbocycles. The van der Waals surface area contributed by atoms with E-state index in [1.54, 1.807) is 9.80 Å². The molecule has 0 N–H and O–H groups in total. The lowest BCUT2D eigenvalue weighted by Crippen LogP contribution is -2.56. The Balaban J connectivity index is 1.58. The second-order valence-corrected chi connectivity index (χ2v) is 8.82. The van der Waals surface area contributed by atoms with E-state index in [-0.39, 0.29) is 17.6 Å². The molecule has 25 heavy (non-hydrogen) atoms. The quantitative estimate of drug-likeness (QED) is 0.811. The lowest BCUT2D eigenvalue weighted by atomic mass is 10.0. The van der Waals surface area contributed by atoms with Crippen LogP contribution in [-0.4, -0.2) is 44.6 Å². The van der Waals surface area contributed by atoms with Crippen LogP contribution in [0, 0.1) is 0 Å². The standard InChI is InChI=1S/C18H18N2O3S2/c21-16-13-25(23)18(20(16)15-4-2-1-3-5-15)7-9-19(10-8-18)17(22)14-6-11-24-12-14/h1-6,11-12H,7-10,13H2. The molecule has 0 aliphatic carbocycles. The van der Waals surface area contributed by atoms with E-state index in [9.17, 15) is 13.8 Å². The number of rotatable bonds is 2. The molecule has 2 saturated heterocycles. The number of hydrogen-bond donors (Lipinski definition) is 0. The minimum atomic E-state index is -1.25. The first-order chi connectivity index (χ1) is 12.1. The van der Waals surface area contributed by atoms with Crippen LogP contribution in [0.2, 0.25) is 0 Å². The molecule has 0 radical (unpaired) electrons. The van der Waals surface area contributed by atoms with Gasteiger partial charge in [0.15, 0.2) is 0 Å². The zero-order chi connectivity index (χ0) is 17.4. The Morgan fingerprint density at radius 1 is 1.12 bits per heavy atom. The zero-order valence-corrected chi connectivity index (χ0v) is 15.2. The zero-order valence-electron chi connectivity index (χ0n) is 13.6. The van der Waals surface area contributed by atoms with Crippen LogP contribution in [0.25, 0.3) is 0 Å². The maximum atomic E-state index is 12.8. The minimum absolute atomic E-state index is 0.0115. The van der Waals surface area contributed by atoms with Crippen molar-refractivity contribution in [3.8, 4) is 0 Å². The summed E-state index contributed by atoms with van der Waals surface area (Å²) in [7, 11) is -1.25. The number of likely N-dealkylation sites (tertiary alicyclic amines) is 1. The number of para-hydroxylation sites is 1. The number of piperidine rings is 1. The van der Waals surface area contributed by atoms with Crippen molar-refractivity contribution in [1.29, 1.82) is 0 Å². The molecule has 2 aliphatic heterocycles. The molecule has 0 bridgehead atoms. The van der Waals surface area contributed by atoms with Gasteiger partial charge in [0.05, 0.1) is 16.4 Å². The summed E-state index contributed by atoms with van der Waals surface area (Å²) >= 11 is 1.50. The van der Waals surface area contributed by atoms with Gasteiger partial charge in [0.2, 0.25) is 5.91 Å². The number of nitrogens with zero attached hydrogens (tertiary/aromatic N) is 2. The summed E-state index contributed by atoms with van der Waals surface area (Å²) in [5.74, 6) is -0.0208. The molecule has 1 atom stereocenters. The van der Waals surface area contributed by atoms with E-state index in [2.05, 4.69) is 0 Å². The molecule has 1 spiro atoms. The van der Waals surface area contributed by atoms with E-state index in [0.29, 0.717) is 31.5 Å². The third kappa shape index (κ3) is 2.71. The van der Waals surface area contributed by atoms with Crippen molar-refractivity contribution in [3.63, 3.8) is 0 Å². The number of amides is 2. The van der Waals surface area contributed by atoms with Crippen molar-refractivity contribution in [2.75, 3.05) is 23.7 Å². The third-order valence-electron chi connectivity index (χ3n) is 4.95. The number of benzene rings is 1. The highest BCUT2D eigenvalue weighted by molar-refractivity contribution is 7.88. The maximum absolute atomic E-state index is 12.8. The predicted molar refractivity (Wildman–Crippen MR) is 99.1 cm³/mol. The van der Waals surface area contributed by atoms with Crippen LogP contribution in [0.1, 0.15) is 23.2 Å². The van der Waals surface area contributed by atoms with Gasteiger partial charge in [0, 0.05) is 37.0 Å². The molecule has 130 valence electrons. The summed E-state index contributed by atoms with van der Waals surface area (Å²) < 4.78 is 12.8. The summed E-state index contributed by atoms with van der Waals surface area (Å²) in [6.07, 6.45) is 1.08. The van der Waals surface area contributed by atoms with Crippen molar-refractivity contribution in [1.82, 2.24) is 4.90 Å². The Bertz CT molecular complexity index is 812. The average Bonchev–Trinajstić information content (AvgIpc) is 3.24. The van der Waals surface area contributed by atoms with Gasteiger partial charge in [-0.3, -0.25) is 18.7 Å². The summed E-state index contributed by atoms with van der Waals surface area (Å²) in [6, 6.07) is 11.2. The summed E-state index contributed by atoms with van der Waals surface area (Å²) in [5, 5.41) is 3.74. The van der Waals surface area contributed by atoms with Gasteiger partial charge >= 0.3 is 0 Å². The summed E-state index contributed by atoms with van der Waals surface area (Å²) in [6.45, 7) is 1.02. The third-order valence-corrected chi connectivity index (χ3v) is 7.58. The van der Waals surface area contributed by atoms with Gasteiger partial charge in [-0.25, -0.2) is 0 Å². The van der Waals surface area contributed by atoms with E-state index >= 15 is 0 Å². The van der Waals surface area contributed by atoms with E-state index in [4.69, 9.17) is 0 Å². The van der Waals surface area contributed by atoms with Crippen LogP contribution < -0.4 is 4.90 Å². The van der Waals surface area contributed by atoms with Gasteiger partial charge in [0.1, 0.15) is 10.6 Å². The van der Waals surface area contributed by atoms with Gasteiger partial charge in [-0.15, -0.1) is 0 Å². The maximum Gasteiger partial charge on any atom is 0.254 e. The first-order valence-corrected chi connectivity index (χ1v) is 10.5. The highest BCUT2D eigenvalue weighted by Gasteiger charge is 2.53. The average molecular weight is 374 g/mol. The number of thiophene rings is 1. The Hall–Kier alpha value is -1.99. The fourth-order valence-corrected chi connectivity index (χ4v) is 5.98. The second-order valence-electron chi connectivity index (χ2n) is 6.30.